The molecular formula is C16H17BO2. The second-order valence-electron chi connectivity index (χ2n) is 4.35. The van der Waals surface area contributed by atoms with Gasteiger partial charge >= 0.3 is 0 Å². The first-order chi connectivity index (χ1) is 9.28. The molecule has 0 aliphatic rings. The second-order valence-corrected chi connectivity index (χ2v) is 4.35. The maximum atomic E-state index is 5.74. The molecule has 96 valence electrons. The Labute approximate surface area is 115 Å². The van der Waals surface area contributed by atoms with Gasteiger partial charge in [-0.15, -0.1) is 0 Å². The molecule has 19 heavy (non-hydrogen) atoms. The molecule has 3 heteroatoms. The summed E-state index contributed by atoms with van der Waals surface area (Å²) in [5.41, 5.74) is 0.726. The molecule has 2 radical (unpaired) electrons. The predicted molar refractivity (Wildman–Crippen MR) is 78.7 cm³/mol. The summed E-state index contributed by atoms with van der Waals surface area (Å²) in [4.78, 5) is 0. The van der Waals surface area contributed by atoms with Crippen LogP contribution < -0.4 is 14.9 Å². The molecule has 0 aliphatic heterocycles. The third-order valence-electron chi connectivity index (χ3n) is 2.69. The average molecular weight is 252 g/mol. The first kappa shape index (κ1) is 13.5. The molecule has 0 atom stereocenters. The normalized spacial score (nSPS) is 10.2. The van der Waals surface area contributed by atoms with Gasteiger partial charge in [-0.05, 0) is 30.7 Å². The average Bonchev–Trinajstić information content (AvgIpc) is 2.42. The molecule has 2 rings (SSSR count). The lowest BCUT2D eigenvalue weighted by molar-refractivity contribution is 0.308. The van der Waals surface area contributed by atoms with E-state index in [1.807, 2.05) is 48.5 Å². The Balaban J connectivity index is 2.00. The van der Waals surface area contributed by atoms with Gasteiger partial charge in [-0.1, -0.05) is 37.0 Å². The summed E-state index contributed by atoms with van der Waals surface area (Å²) in [7, 11) is 5.64. The lowest BCUT2D eigenvalue weighted by Crippen LogP contribution is -1.99. The Bertz CT molecular complexity index is 508. The third-order valence-corrected chi connectivity index (χ3v) is 2.69. The molecule has 0 unspecified atom stereocenters. The highest BCUT2D eigenvalue weighted by molar-refractivity contribution is 6.32. The number of benzene rings is 2. The van der Waals surface area contributed by atoms with Crippen LogP contribution in [-0.2, 0) is 0 Å². The van der Waals surface area contributed by atoms with E-state index in [1.165, 1.54) is 0 Å². The van der Waals surface area contributed by atoms with Gasteiger partial charge in [0.2, 0.25) is 0 Å². The van der Waals surface area contributed by atoms with E-state index in [2.05, 4.69) is 6.92 Å². The van der Waals surface area contributed by atoms with Crippen molar-refractivity contribution >= 4 is 13.3 Å². The van der Waals surface area contributed by atoms with E-state index in [0.29, 0.717) is 0 Å². The van der Waals surface area contributed by atoms with Gasteiger partial charge in [0.1, 0.15) is 25.1 Å². The molecule has 0 spiro atoms. The third kappa shape index (κ3) is 4.36. The van der Waals surface area contributed by atoms with Crippen molar-refractivity contribution in [2.45, 2.75) is 19.8 Å². The lowest BCUT2D eigenvalue weighted by Gasteiger charge is -2.09. The van der Waals surface area contributed by atoms with Gasteiger partial charge in [-0.2, -0.15) is 0 Å². The summed E-state index contributed by atoms with van der Waals surface area (Å²) >= 11 is 0. The van der Waals surface area contributed by atoms with E-state index in [4.69, 9.17) is 17.3 Å². The molecule has 0 N–H and O–H groups in total. The summed E-state index contributed by atoms with van der Waals surface area (Å²) in [6, 6.07) is 15.0. The van der Waals surface area contributed by atoms with Crippen LogP contribution in [0.1, 0.15) is 19.8 Å². The van der Waals surface area contributed by atoms with Gasteiger partial charge in [0.15, 0.2) is 0 Å². The highest BCUT2D eigenvalue weighted by Gasteiger charge is 1.99. The standard InChI is InChI=1S/C16H17BO2/c1-2-3-11-18-15-5-4-6-16(12-15)19-14-9-7-13(17)8-10-14/h4-10,12H,2-3,11H2,1H3. The van der Waals surface area contributed by atoms with Crippen molar-refractivity contribution in [2.75, 3.05) is 6.61 Å². The summed E-state index contributed by atoms with van der Waals surface area (Å²) in [6.07, 6.45) is 2.19. The fourth-order valence-electron chi connectivity index (χ4n) is 1.63. The van der Waals surface area contributed by atoms with Gasteiger partial charge in [0.25, 0.3) is 0 Å². The topological polar surface area (TPSA) is 18.5 Å². The van der Waals surface area contributed by atoms with Gasteiger partial charge < -0.3 is 9.47 Å². The fourth-order valence-corrected chi connectivity index (χ4v) is 1.63. The van der Waals surface area contributed by atoms with Crippen molar-refractivity contribution < 1.29 is 9.47 Å². The number of hydrogen-bond acceptors (Lipinski definition) is 2. The van der Waals surface area contributed by atoms with E-state index in [-0.39, 0.29) is 0 Å². The molecule has 0 aliphatic carbocycles. The van der Waals surface area contributed by atoms with Gasteiger partial charge in [0, 0.05) is 6.07 Å². The van der Waals surface area contributed by atoms with Gasteiger partial charge in [-0.25, -0.2) is 0 Å². The maximum absolute atomic E-state index is 5.74. The van der Waals surface area contributed by atoms with Crippen molar-refractivity contribution in [3.05, 3.63) is 48.5 Å². The molecule has 2 nitrogen and oxygen atoms in total. The zero-order chi connectivity index (χ0) is 13.5. The van der Waals surface area contributed by atoms with E-state index < -0.39 is 0 Å². The number of unbranched alkanes of at least 4 members (excludes halogenated alkanes) is 1. The Hall–Kier alpha value is -1.90. The van der Waals surface area contributed by atoms with Crippen LogP contribution in [-0.4, -0.2) is 14.5 Å². The van der Waals surface area contributed by atoms with Crippen LogP contribution in [0.5, 0.6) is 17.2 Å². The van der Waals surface area contributed by atoms with Crippen LogP contribution in [0.4, 0.5) is 0 Å². The molecule has 0 amide bonds. The van der Waals surface area contributed by atoms with Crippen LogP contribution in [0, 0.1) is 0 Å². The number of hydrogen-bond donors (Lipinski definition) is 0. The van der Waals surface area contributed by atoms with E-state index in [9.17, 15) is 0 Å². The minimum atomic E-state index is 0.726. The molecule has 0 bridgehead atoms. The van der Waals surface area contributed by atoms with Crippen LogP contribution >= 0.6 is 0 Å². The monoisotopic (exact) mass is 252 g/mol. The van der Waals surface area contributed by atoms with Crippen LogP contribution in [0.15, 0.2) is 48.5 Å². The van der Waals surface area contributed by atoms with Crippen molar-refractivity contribution in [3.8, 4) is 17.2 Å². The van der Waals surface area contributed by atoms with Crippen LogP contribution in [0.2, 0.25) is 0 Å². The smallest absolute Gasteiger partial charge is 0.131 e. The highest BCUT2D eigenvalue weighted by atomic mass is 16.5. The van der Waals surface area contributed by atoms with Crippen molar-refractivity contribution in [2.24, 2.45) is 0 Å². The molecule has 0 saturated carbocycles. The minimum absolute atomic E-state index is 0.726. The zero-order valence-electron chi connectivity index (χ0n) is 11.1. The Morgan fingerprint density at radius 1 is 0.947 bits per heavy atom. The SMILES string of the molecule is [B]c1ccc(Oc2cccc(OCCCC)c2)cc1. The molecule has 0 aromatic heterocycles. The van der Waals surface area contributed by atoms with Crippen molar-refractivity contribution in [3.63, 3.8) is 0 Å². The van der Waals surface area contributed by atoms with Gasteiger partial charge in [0.05, 0.1) is 6.61 Å². The first-order valence-electron chi connectivity index (χ1n) is 6.54. The molecule has 2 aromatic rings. The summed E-state index contributed by atoms with van der Waals surface area (Å²) in [5, 5.41) is 0. The van der Waals surface area contributed by atoms with Gasteiger partial charge in [-0.3, -0.25) is 0 Å². The quantitative estimate of drug-likeness (QED) is 0.579. The molecule has 0 heterocycles. The number of rotatable bonds is 6. The largest absolute Gasteiger partial charge is 0.493 e. The summed E-state index contributed by atoms with van der Waals surface area (Å²) < 4.78 is 11.4. The van der Waals surface area contributed by atoms with E-state index >= 15 is 0 Å². The van der Waals surface area contributed by atoms with Crippen LogP contribution in [0.3, 0.4) is 0 Å². The Morgan fingerprint density at radius 2 is 1.68 bits per heavy atom. The predicted octanol–water partition coefficient (Wildman–Crippen LogP) is 3.45. The van der Waals surface area contributed by atoms with Crippen molar-refractivity contribution in [1.82, 2.24) is 0 Å². The lowest BCUT2D eigenvalue weighted by atomic mass is 9.97. The van der Waals surface area contributed by atoms with E-state index in [1.54, 1.807) is 0 Å². The Morgan fingerprint density at radius 3 is 2.42 bits per heavy atom. The first-order valence-corrected chi connectivity index (χ1v) is 6.54. The molecule has 0 saturated heterocycles. The van der Waals surface area contributed by atoms with Crippen LogP contribution in [0.25, 0.3) is 0 Å². The minimum Gasteiger partial charge on any atom is -0.493 e. The molecule has 0 fully saturated rings. The van der Waals surface area contributed by atoms with E-state index in [0.717, 1.165) is 42.2 Å². The summed E-state index contributed by atoms with van der Waals surface area (Å²) in [6.45, 7) is 2.88. The summed E-state index contributed by atoms with van der Waals surface area (Å²) in [5.74, 6) is 2.36. The fraction of sp³-hybridized carbons (Fsp3) is 0.250. The zero-order valence-corrected chi connectivity index (χ0v) is 11.1. The molecular weight excluding hydrogens is 235 g/mol. The second kappa shape index (κ2) is 6.88. The molecule has 2 aromatic carbocycles. The van der Waals surface area contributed by atoms with Crippen molar-refractivity contribution in [1.29, 1.82) is 0 Å². The Kier molecular flexibility index (Phi) is 4.90. The maximum Gasteiger partial charge on any atom is 0.131 e. The number of ether oxygens (including phenoxy) is 2. The highest BCUT2D eigenvalue weighted by Crippen LogP contribution is 2.24.